The molecule has 9 nitrogen and oxygen atoms in total. The molecule has 2 rings (SSSR count). The third-order valence-electron chi connectivity index (χ3n) is 5.61. The van der Waals surface area contributed by atoms with Crippen molar-refractivity contribution in [3.8, 4) is 0 Å². The second-order valence-electron chi connectivity index (χ2n) is 10.3. The van der Waals surface area contributed by atoms with E-state index in [0.29, 0.717) is 25.8 Å². The number of rotatable bonds is 9. The third kappa shape index (κ3) is 8.88. The molecular weight excluding hydrogens is 450 g/mol. The van der Waals surface area contributed by atoms with Crippen LogP contribution in [0.3, 0.4) is 0 Å². The predicted molar refractivity (Wildman–Crippen MR) is 131 cm³/mol. The Labute approximate surface area is 207 Å². The molecule has 2 N–H and O–H groups in total. The zero-order valence-corrected chi connectivity index (χ0v) is 21.6. The fourth-order valence-corrected chi connectivity index (χ4v) is 4.01. The highest BCUT2D eigenvalue weighted by Gasteiger charge is 2.38. The normalized spacial score (nSPS) is 17.5. The first-order valence-electron chi connectivity index (χ1n) is 12.1. The van der Waals surface area contributed by atoms with E-state index in [-0.39, 0.29) is 12.3 Å². The number of nitrogens with zero attached hydrogens (tertiary/aromatic N) is 1. The Morgan fingerprint density at radius 1 is 1.06 bits per heavy atom. The molecule has 1 saturated heterocycles. The fraction of sp³-hybridized carbons (Fsp3) is 0.615. The van der Waals surface area contributed by atoms with Crippen LogP contribution >= 0.6 is 0 Å². The maximum atomic E-state index is 13.3. The molecule has 194 valence electrons. The number of carbonyl (C=O) groups is 4. The number of likely N-dealkylation sites (tertiary alicyclic amines) is 1. The quantitative estimate of drug-likeness (QED) is 0.516. The van der Waals surface area contributed by atoms with E-state index in [1.807, 2.05) is 44.2 Å². The van der Waals surface area contributed by atoms with Crippen LogP contribution in [0, 0.1) is 5.92 Å². The van der Waals surface area contributed by atoms with E-state index in [9.17, 15) is 19.2 Å². The molecule has 35 heavy (non-hydrogen) atoms. The van der Waals surface area contributed by atoms with E-state index < -0.39 is 47.6 Å². The van der Waals surface area contributed by atoms with Crippen molar-refractivity contribution in [3.63, 3.8) is 0 Å². The Balaban J connectivity index is 2.20. The summed E-state index contributed by atoms with van der Waals surface area (Å²) in [5.41, 5.74) is 0.164. The number of methoxy groups -OCH3 is 1. The zero-order chi connectivity index (χ0) is 26.2. The van der Waals surface area contributed by atoms with Crippen molar-refractivity contribution in [1.82, 2.24) is 15.5 Å². The van der Waals surface area contributed by atoms with E-state index in [1.54, 1.807) is 20.8 Å². The molecule has 1 aromatic carbocycles. The van der Waals surface area contributed by atoms with Gasteiger partial charge in [-0.15, -0.1) is 0 Å². The molecule has 0 radical (unpaired) electrons. The van der Waals surface area contributed by atoms with Gasteiger partial charge in [0.15, 0.2) is 0 Å². The lowest BCUT2D eigenvalue weighted by atomic mass is 10.0. The lowest BCUT2D eigenvalue weighted by Crippen LogP contribution is -2.56. The highest BCUT2D eigenvalue weighted by molar-refractivity contribution is 5.93. The van der Waals surface area contributed by atoms with Crippen LogP contribution in [0.25, 0.3) is 0 Å². The van der Waals surface area contributed by atoms with Gasteiger partial charge in [0, 0.05) is 13.0 Å². The summed E-state index contributed by atoms with van der Waals surface area (Å²) in [6.07, 6.45) is 1.21. The van der Waals surface area contributed by atoms with Crippen molar-refractivity contribution < 1.29 is 28.7 Å². The maximum absolute atomic E-state index is 13.3. The van der Waals surface area contributed by atoms with Gasteiger partial charge in [-0.05, 0) is 51.5 Å². The average Bonchev–Trinajstić information content (AvgIpc) is 3.27. The molecule has 0 aromatic heterocycles. The first-order chi connectivity index (χ1) is 16.4. The van der Waals surface area contributed by atoms with E-state index >= 15 is 0 Å². The Morgan fingerprint density at radius 2 is 1.71 bits per heavy atom. The van der Waals surface area contributed by atoms with Crippen LogP contribution in [0.1, 0.15) is 59.4 Å². The summed E-state index contributed by atoms with van der Waals surface area (Å²) in [6.45, 7) is 9.59. The molecule has 9 heteroatoms. The Morgan fingerprint density at radius 3 is 2.29 bits per heavy atom. The second kappa shape index (κ2) is 12.6. The van der Waals surface area contributed by atoms with Crippen molar-refractivity contribution in [2.75, 3.05) is 13.7 Å². The molecule has 1 aliphatic heterocycles. The molecule has 3 amide bonds. The standard InChI is InChI=1S/C26H39N3O6/c1-17(2)15-20(24(32)34-6)28-22(30)19(16-18-11-8-7-9-12-18)27-23(31)21-13-10-14-29(21)25(33)35-26(3,4)5/h7-9,11-12,17,19-21H,10,13-16H2,1-6H3,(H,27,31)(H,28,30)/t19-,20-,21+/m0/s1. The average molecular weight is 490 g/mol. The first-order valence-corrected chi connectivity index (χ1v) is 12.1. The minimum Gasteiger partial charge on any atom is -0.467 e. The van der Waals surface area contributed by atoms with Crippen molar-refractivity contribution in [3.05, 3.63) is 35.9 Å². The summed E-state index contributed by atoms with van der Waals surface area (Å²) in [5, 5.41) is 5.56. The number of nitrogens with one attached hydrogen (secondary N) is 2. The summed E-state index contributed by atoms with van der Waals surface area (Å²) in [4.78, 5) is 52.8. The van der Waals surface area contributed by atoms with Gasteiger partial charge in [-0.25, -0.2) is 9.59 Å². The van der Waals surface area contributed by atoms with Crippen LogP contribution in [-0.2, 0) is 30.3 Å². The first kappa shape index (κ1) is 28.1. The molecule has 1 aliphatic rings. The Kier molecular flexibility index (Phi) is 10.1. The van der Waals surface area contributed by atoms with Crippen molar-refractivity contribution in [1.29, 1.82) is 0 Å². The van der Waals surface area contributed by atoms with Gasteiger partial charge in [0.2, 0.25) is 11.8 Å². The van der Waals surface area contributed by atoms with Gasteiger partial charge in [0.25, 0.3) is 0 Å². The van der Waals surface area contributed by atoms with Crippen LogP contribution in [0.2, 0.25) is 0 Å². The minimum absolute atomic E-state index is 0.141. The highest BCUT2D eigenvalue weighted by atomic mass is 16.6. The number of carbonyl (C=O) groups excluding carboxylic acids is 4. The summed E-state index contributed by atoms with van der Waals surface area (Å²) < 4.78 is 10.3. The monoisotopic (exact) mass is 489 g/mol. The van der Waals surface area contributed by atoms with Crippen molar-refractivity contribution in [2.45, 2.75) is 84.0 Å². The zero-order valence-electron chi connectivity index (χ0n) is 21.6. The fourth-order valence-electron chi connectivity index (χ4n) is 4.01. The molecule has 0 unspecified atom stereocenters. The summed E-state index contributed by atoms with van der Waals surface area (Å²) >= 11 is 0. The molecule has 0 saturated carbocycles. The molecule has 1 fully saturated rings. The minimum atomic E-state index is -0.940. The largest absolute Gasteiger partial charge is 0.467 e. The summed E-state index contributed by atoms with van der Waals surface area (Å²) in [5.74, 6) is -1.31. The SMILES string of the molecule is COC(=O)[C@H](CC(C)C)NC(=O)[C@H](Cc1ccccc1)NC(=O)[C@H]1CCCN1C(=O)OC(C)(C)C. The van der Waals surface area contributed by atoms with E-state index in [4.69, 9.17) is 9.47 Å². The predicted octanol–water partition coefficient (Wildman–Crippen LogP) is 2.82. The van der Waals surface area contributed by atoms with Crippen LogP contribution in [0.15, 0.2) is 30.3 Å². The molecule has 0 bridgehead atoms. The van der Waals surface area contributed by atoms with Gasteiger partial charge < -0.3 is 20.1 Å². The van der Waals surface area contributed by atoms with Gasteiger partial charge in [0.05, 0.1) is 7.11 Å². The number of ether oxygens (including phenoxy) is 2. The van der Waals surface area contributed by atoms with Gasteiger partial charge in [-0.1, -0.05) is 44.2 Å². The van der Waals surface area contributed by atoms with Gasteiger partial charge in [-0.3, -0.25) is 14.5 Å². The molecule has 0 spiro atoms. The number of hydrogen-bond donors (Lipinski definition) is 2. The topological polar surface area (TPSA) is 114 Å². The van der Waals surface area contributed by atoms with E-state index in [2.05, 4.69) is 10.6 Å². The second-order valence-corrected chi connectivity index (χ2v) is 10.3. The van der Waals surface area contributed by atoms with E-state index in [0.717, 1.165) is 5.56 Å². The molecule has 3 atom stereocenters. The number of amides is 3. The van der Waals surface area contributed by atoms with Crippen LogP contribution < -0.4 is 10.6 Å². The van der Waals surface area contributed by atoms with E-state index in [1.165, 1.54) is 12.0 Å². The van der Waals surface area contributed by atoms with Crippen LogP contribution in [-0.4, -0.2) is 66.2 Å². The molecule has 1 aromatic rings. The third-order valence-corrected chi connectivity index (χ3v) is 5.61. The Hall–Kier alpha value is -3.10. The Bertz CT molecular complexity index is 881. The van der Waals surface area contributed by atoms with Crippen molar-refractivity contribution >= 4 is 23.9 Å². The van der Waals surface area contributed by atoms with Gasteiger partial charge in [-0.2, -0.15) is 0 Å². The van der Waals surface area contributed by atoms with Gasteiger partial charge >= 0.3 is 12.1 Å². The number of esters is 1. The maximum Gasteiger partial charge on any atom is 0.410 e. The van der Waals surface area contributed by atoms with Crippen LogP contribution in [0.5, 0.6) is 0 Å². The molecule has 0 aliphatic carbocycles. The summed E-state index contributed by atoms with van der Waals surface area (Å²) in [7, 11) is 1.27. The lowest BCUT2D eigenvalue weighted by Gasteiger charge is -2.29. The molecular formula is C26H39N3O6. The molecule has 1 heterocycles. The highest BCUT2D eigenvalue weighted by Crippen LogP contribution is 2.21. The lowest BCUT2D eigenvalue weighted by molar-refractivity contribution is -0.145. The van der Waals surface area contributed by atoms with Crippen molar-refractivity contribution in [2.24, 2.45) is 5.92 Å². The summed E-state index contributed by atoms with van der Waals surface area (Å²) in [6, 6.07) is 6.79. The number of hydrogen-bond acceptors (Lipinski definition) is 6. The smallest absolute Gasteiger partial charge is 0.410 e. The number of benzene rings is 1. The van der Waals surface area contributed by atoms with Gasteiger partial charge in [0.1, 0.15) is 23.7 Å². The van der Waals surface area contributed by atoms with Crippen LogP contribution in [0.4, 0.5) is 4.79 Å².